The van der Waals surface area contributed by atoms with Crippen LogP contribution in [0.4, 0.5) is 10.6 Å². The molecule has 2 aromatic rings. The van der Waals surface area contributed by atoms with E-state index in [4.69, 9.17) is 9.47 Å². The van der Waals surface area contributed by atoms with Gasteiger partial charge in [-0.15, -0.1) is 0 Å². The minimum absolute atomic E-state index is 0.299. The van der Waals surface area contributed by atoms with Gasteiger partial charge in [-0.05, 0) is 26.3 Å². The number of carbonyl (C=O) groups excluding carboxylic acids is 1. The van der Waals surface area contributed by atoms with Gasteiger partial charge in [0.15, 0.2) is 0 Å². The molecule has 0 N–H and O–H groups in total. The van der Waals surface area contributed by atoms with Gasteiger partial charge < -0.3 is 19.3 Å². The highest BCUT2D eigenvalue weighted by atomic mass is 16.6. The minimum atomic E-state index is -0.303. The molecule has 0 aliphatic carbocycles. The summed E-state index contributed by atoms with van der Waals surface area (Å²) in [6.45, 7) is 10.1. The fourth-order valence-electron chi connectivity index (χ4n) is 3.19. The standard InChI is InChI=1S/C22H29N5O3/c1-4-26(5-2)20-14-19(16-23-15-18-8-6-7-17(3)13-18)24-21(25-20)29-11-9-27-10-12-30-22(27)28/h6-8,13-15H,4-5,9-12,16H2,1-3H3. The summed E-state index contributed by atoms with van der Waals surface area (Å²) in [5, 5.41) is 0. The number of aliphatic imine (C=N–C) groups is 1. The Morgan fingerprint density at radius 3 is 2.80 bits per heavy atom. The lowest BCUT2D eigenvalue weighted by Gasteiger charge is -2.21. The summed E-state index contributed by atoms with van der Waals surface area (Å²) < 4.78 is 10.7. The van der Waals surface area contributed by atoms with E-state index in [9.17, 15) is 4.79 Å². The smallest absolute Gasteiger partial charge is 0.410 e. The van der Waals surface area contributed by atoms with Crippen molar-refractivity contribution >= 4 is 18.1 Å². The fourth-order valence-corrected chi connectivity index (χ4v) is 3.19. The maximum atomic E-state index is 11.5. The highest BCUT2D eigenvalue weighted by Gasteiger charge is 2.21. The molecule has 1 aliphatic rings. The average Bonchev–Trinajstić information content (AvgIpc) is 3.14. The second-order valence-corrected chi connectivity index (χ2v) is 7.01. The molecule has 1 amide bonds. The van der Waals surface area contributed by atoms with E-state index in [0.29, 0.717) is 38.9 Å². The van der Waals surface area contributed by atoms with Crippen molar-refractivity contribution in [2.24, 2.45) is 4.99 Å². The number of hydrogen-bond acceptors (Lipinski definition) is 7. The van der Waals surface area contributed by atoms with Crippen molar-refractivity contribution in [2.75, 3.05) is 44.3 Å². The van der Waals surface area contributed by atoms with Gasteiger partial charge in [0.1, 0.15) is 19.0 Å². The summed E-state index contributed by atoms with van der Waals surface area (Å²) in [4.78, 5) is 28.9. The number of aryl methyl sites for hydroxylation is 1. The van der Waals surface area contributed by atoms with Crippen LogP contribution >= 0.6 is 0 Å². The van der Waals surface area contributed by atoms with Gasteiger partial charge in [0.2, 0.25) is 0 Å². The Morgan fingerprint density at radius 1 is 1.27 bits per heavy atom. The topological polar surface area (TPSA) is 80.1 Å². The lowest BCUT2D eigenvalue weighted by Crippen LogP contribution is -2.29. The van der Waals surface area contributed by atoms with Gasteiger partial charge in [0.05, 0.1) is 25.3 Å². The monoisotopic (exact) mass is 411 g/mol. The summed E-state index contributed by atoms with van der Waals surface area (Å²) in [6.07, 6.45) is 1.55. The fraction of sp³-hybridized carbons (Fsp3) is 0.455. The third-order valence-electron chi connectivity index (χ3n) is 4.81. The number of cyclic esters (lactones) is 1. The summed E-state index contributed by atoms with van der Waals surface area (Å²) in [5.41, 5.74) is 3.04. The summed E-state index contributed by atoms with van der Waals surface area (Å²) in [7, 11) is 0. The lowest BCUT2D eigenvalue weighted by molar-refractivity contribution is 0.152. The molecule has 2 heterocycles. The predicted molar refractivity (Wildman–Crippen MR) is 116 cm³/mol. The van der Waals surface area contributed by atoms with E-state index in [0.717, 1.165) is 30.2 Å². The largest absolute Gasteiger partial charge is 0.462 e. The van der Waals surface area contributed by atoms with Crippen LogP contribution < -0.4 is 9.64 Å². The number of carbonyl (C=O) groups is 1. The van der Waals surface area contributed by atoms with Crippen molar-refractivity contribution in [1.82, 2.24) is 14.9 Å². The number of hydrogen-bond donors (Lipinski definition) is 0. The Kier molecular flexibility index (Phi) is 7.59. The predicted octanol–water partition coefficient (Wildman–Crippen LogP) is 3.08. The van der Waals surface area contributed by atoms with Crippen LogP contribution in [0.2, 0.25) is 0 Å². The first-order chi connectivity index (χ1) is 14.6. The third kappa shape index (κ3) is 5.92. The SMILES string of the molecule is CCN(CC)c1cc(CN=Cc2cccc(C)c2)nc(OCCN2CCOC2=O)n1. The van der Waals surface area contributed by atoms with Crippen LogP contribution in [0.15, 0.2) is 35.3 Å². The number of benzene rings is 1. The second-order valence-electron chi connectivity index (χ2n) is 7.01. The van der Waals surface area contributed by atoms with E-state index in [2.05, 4.69) is 52.8 Å². The van der Waals surface area contributed by atoms with E-state index in [1.807, 2.05) is 24.4 Å². The van der Waals surface area contributed by atoms with E-state index in [-0.39, 0.29) is 6.09 Å². The van der Waals surface area contributed by atoms with E-state index in [1.165, 1.54) is 5.56 Å². The third-order valence-corrected chi connectivity index (χ3v) is 4.81. The number of nitrogens with zero attached hydrogens (tertiary/aromatic N) is 5. The Hall–Kier alpha value is -3.16. The van der Waals surface area contributed by atoms with Crippen molar-refractivity contribution in [2.45, 2.75) is 27.3 Å². The maximum absolute atomic E-state index is 11.5. The van der Waals surface area contributed by atoms with Crippen molar-refractivity contribution in [1.29, 1.82) is 0 Å². The molecule has 30 heavy (non-hydrogen) atoms. The Balaban J connectivity index is 1.69. The van der Waals surface area contributed by atoms with Crippen molar-refractivity contribution in [3.63, 3.8) is 0 Å². The molecule has 1 aromatic carbocycles. The highest BCUT2D eigenvalue weighted by Crippen LogP contribution is 2.17. The first-order valence-electron chi connectivity index (χ1n) is 10.3. The Morgan fingerprint density at radius 2 is 2.10 bits per heavy atom. The molecule has 1 aromatic heterocycles. The van der Waals surface area contributed by atoms with Gasteiger partial charge in [0.25, 0.3) is 0 Å². The van der Waals surface area contributed by atoms with Crippen LogP contribution in [0.1, 0.15) is 30.7 Å². The van der Waals surface area contributed by atoms with Crippen LogP contribution in [0.3, 0.4) is 0 Å². The molecule has 8 nitrogen and oxygen atoms in total. The van der Waals surface area contributed by atoms with Crippen LogP contribution in [0, 0.1) is 6.92 Å². The molecule has 1 saturated heterocycles. The molecule has 0 saturated carbocycles. The quantitative estimate of drug-likeness (QED) is 0.559. The van der Waals surface area contributed by atoms with Crippen LogP contribution in [-0.4, -0.2) is 66.6 Å². The van der Waals surface area contributed by atoms with Crippen molar-refractivity contribution in [3.8, 4) is 6.01 Å². The highest BCUT2D eigenvalue weighted by molar-refractivity contribution is 5.79. The van der Waals surface area contributed by atoms with Gasteiger partial charge in [0, 0.05) is 25.4 Å². The molecule has 0 spiro atoms. The van der Waals surface area contributed by atoms with Gasteiger partial charge in [-0.3, -0.25) is 4.99 Å². The molecule has 160 valence electrons. The lowest BCUT2D eigenvalue weighted by atomic mass is 10.1. The van der Waals surface area contributed by atoms with E-state index >= 15 is 0 Å². The molecule has 0 unspecified atom stereocenters. The zero-order valence-electron chi connectivity index (χ0n) is 17.9. The number of anilines is 1. The molecule has 0 radical (unpaired) electrons. The number of aromatic nitrogens is 2. The molecule has 1 fully saturated rings. The average molecular weight is 412 g/mol. The first-order valence-corrected chi connectivity index (χ1v) is 10.3. The Bertz CT molecular complexity index is 883. The van der Waals surface area contributed by atoms with E-state index < -0.39 is 0 Å². The molecular weight excluding hydrogens is 382 g/mol. The molecule has 3 rings (SSSR count). The van der Waals surface area contributed by atoms with Crippen molar-refractivity contribution < 1.29 is 14.3 Å². The molecule has 1 aliphatic heterocycles. The van der Waals surface area contributed by atoms with Gasteiger partial charge in [-0.2, -0.15) is 9.97 Å². The normalized spacial score (nSPS) is 13.7. The molecule has 0 bridgehead atoms. The van der Waals surface area contributed by atoms with Gasteiger partial charge in [-0.25, -0.2) is 4.79 Å². The summed E-state index contributed by atoms with van der Waals surface area (Å²) in [5.74, 6) is 0.811. The molecule has 8 heteroatoms. The van der Waals surface area contributed by atoms with Crippen molar-refractivity contribution in [3.05, 3.63) is 47.2 Å². The van der Waals surface area contributed by atoms with Crippen LogP contribution in [-0.2, 0) is 11.3 Å². The second kappa shape index (κ2) is 10.6. The number of rotatable bonds is 10. The van der Waals surface area contributed by atoms with Gasteiger partial charge in [-0.1, -0.05) is 29.8 Å². The minimum Gasteiger partial charge on any atom is -0.462 e. The Labute approximate surface area is 177 Å². The number of amides is 1. The first kappa shape index (κ1) is 21.5. The van der Waals surface area contributed by atoms with Crippen LogP contribution in [0.5, 0.6) is 6.01 Å². The maximum Gasteiger partial charge on any atom is 0.410 e. The summed E-state index contributed by atoms with van der Waals surface area (Å²) in [6, 6.07) is 10.4. The van der Waals surface area contributed by atoms with E-state index in [1.54, 1.807) is 4.90 Å². The summed E-state index contributed by atoms with van der Waals surface area (Å²) >= 11 is 0. The van der Waals surface area contributed by atoms with Crippen LogP contribution in [0.25, 0.3) is 0 Å². The zero-order chi connectivity index (χ0) is 21.3. The number of ether oxygens (including phenoxy) is 2. The molecule has 0 atom stereocenters. The zero-order valence-corrected chi connectivity index (χ0v) is 17.9. The molecular formula is C22H29N5O3. The van der Waals surface area contributed by atoms with Gasteiger partial charge >= 0.3 is 12.1 Å².